The summed E-state index contributed by atoms with van der Waals surface area (Å²) < 4.78 is 5.17. The Kier molecular flexibility index (Phi) is 7.26. The second-order valence-corrected chi connectivity index (χ2v) is 7.88. The second kappa shape index (κ2) is 10.1. The van der Waals surface area contributed by atoms with Gasteiger partial charge in [-0.2, -0.15) is 0 Å². The molecular weight excluding hydrogens is 374 g/mol. The predicted octanol–water partition coefficient (Wildman–Crippen LogP) is 4.33. The Morgan fingerprint density at radius 1 is 0.933 bits per heavy atom. The van der Waals surface area contributed by atoms with Crippen LogP contribution in [0.2, 0.25) is 0 Å². The Balaban J connectivity index is 1.62. The third-order valence-corrected chi connectivity index (χ3v) is 5.20. The largest absolute Gasteiger partial charge is 0.497 e. The van der Waals surface area contributed by atoms with Gasteiger partial charge in [-0.25, -0.2) is 0 Å². The number of hydrogen-bond acceptors (Lipinski definition) is 3. The lowest BCUT2D eigenvalue weighted by Gasteiger charge is -2.25. The second-order valence-electron chi connectivity index (χ2n) is 7.88. The Morgan fingerprint density at radius 3 is 1.97 bits per heavy atom. The van der Waals surface area contributed by atoms with E-state index in [2.05, 4.69) is 5.32 Å². The van der Waals surface area contributed by atoms with Gasteiger partial charge in [0.25, 0.3) is 0 Å². The lowest BCUT2D eigenvalue weighted by Crippen LogP contribution is -2.42. The molecule has 4 heteroatoms. The zero-order valence-electron chi connectivity index (χ0n) is 17.5. The number of benzene rings is 3. The van der Waals surface area contributed by atoms with Gasteiger partial charge in [0.15, 0.2) is 0 Å². The molecule has 3 rings (SSSR count). The molecule has 0 saturated heterocycles. The van der Waals surface area contributed by atoms with Crippen molar-refractivity contribution in [3.63, 3.8) is 0 Å². The molecule has 0 spiro atoms. The standard InChI is InChI=1S/C26H29NO3/c1-26(29,18-20-13-15-23(30-2)16-14-20)19-27-25(28)17-24(21-9-5-3-6-10-21)22-11-7-4-8-12-22/h3-16,24,29H,17-19H2,1-2H3,(H,27,28). The van der Waals surface area contributed by atoms with E-state index in [0.29, 0.717) is 12.8 Å². The first-order valence-corrected chi connectivity index (χ1v) is 10.2. The molecule has 0 aliphatic carbocycles. The molecule has 0 aliphatic rings. The summed E-state index contributed by atoms with van der Waals surface area (Å²) in [5, 5.41) is 13.7. The minimum atomic E-state index is -1.04. The van der Waals surface area contributed by atoms with E-state index in [0.717, 1.165) is 22.4 Å². The highest BCUT2D eigenvalue weighted by Gasteiger charge is 2.24. The van der Waals surface area contributed by atoms with E-state index in [4.69, 9.17) is 4.74 Å². The van der Waals surface area contributed by atoms with Crippen LogP contribution in [0.5, 0.6) is 5.75 Å². The minimum Gasteiger partial charge on any atom is -0.497 e. The van der Waals surface area contributed by atoms with Crippen molar-refractivity contribution in [2.45, 2.75) is 31.3 Å². The normalized spacial score (nSPS) is 12.9. The maximum absolute atomic E-state index is 12.7. The highest BCUT2D eigenvalue weighted by Crippen LogP contribution is 2.27. The number of rotatable bonds is 9. The fraction of sp³-hybridized carbons (Fsp3) is 0.269. The fourth-order valence-electron chi connectivity index (χ4n) is 3.59. The van der Waals surface area contributed by atoms with Crippen LogP contribution in [0.15, 0.2) is 84.9 Å². The molecule has 0 fully saturated rings. The molecule has 3 aromatic rings. The third-order valence-electron chi connectivity index (χ3n) is 5.20. The zero-order chi connectivity index (χ0) is 21.4. The van der Waals surface area contributed by atoms with Crippen LogP contribution in [0, 0.1) is 0 Å². The number of aliphatic hydroxyl groups is 1. The van der Waals surface area contributed by atoms with E-state index in [1.54, 1.807) is 14.0 Å². The third kappa shape index (κ3) is 6.19. The van der Waals surface area contributed by atoms with Gasteiger partial charge in [0.05, 0.1) is 12.7 Å². The number of carbonyl (C=O) groups excluding carboxylic acids is 1. The molecular formula is C26H29NO3. The number of carbonyl (C=O) groups is 1. The van der Waals surface area contributed by atoms with Crippen LogP contribution < -0.4 is 10.1 Å². The number of ether oxygens (including phenoxy) is 1. The Morgan fingerprint density at radius 2 is 1.47 bits per heavy atom. The minimum absolute atomic E-state index is 0.0288. The van der Waals surface area contributed by atoms with Gasteiger partial charge in [-0.15, -0.1) is 0 Å². The van der Waals surface area contributed by atoms with E-state index in [9.17, 15) is 9.90 Å². The SMILES string of the molecule is COc1ccc(CC(C)(O)CNC(=O)CC(c2ccccc2)c2ccccc2)cc1. The molecule has 2 N–H and O–H groups in total. The topological polar surface area (TPSA) is 58.6 Å². The molecule has 1 amide bonds. The maximum Gasteiger partial charge on any atom is 0.221 e. The lowest BCUT2D eigenvalue weighted by atomic mass is 9.88. The van der Waals surface area contributed by atoms with Gasteiger partial charge in [-0.1, -0.05) is 72.8 Å². The average Bonchev–Trinajstić information content (AvgIpc) is 2.77. The van der Waals surface area contributed by atoms with Gasteiger partial charge in [-0.05, 0) is 35.7 Å². The summed E-state index contributed by atoms with van der Waals surface area (Å²) in [6.07, 6.45) is 0.769. The average molecular weight is 404 g/mol. The van der Waals surface area contributed by atoms with E-state index < -0.39 is 5.60 Å². The molecule has 1 atom stereocenters. The summed E-state index contributed by atoms with van der Waals surface area (Å²) in [6, 6.07) is 27.7. The lowest BCUT2D eigenvalue weighted by molar-refractivity contribution is -0.122. The van der Waals surface area contributed by atoms with Crippen molar-refractivity contribution in [2.24, 2.45) is 0 Å². The van der Waals surface area contributed by atoms with Crippen molar-refractivity contribution in [1.29, 1.82) is 0 Å². The molecule has 0 saturated carbocycles. The summed E-state index contributed by atoms with van der Waals surface area (Å²) >= 11 is 0. The van der Waals surface area contributed by atoms with Gasteiger partial charge in [0, 0.05) is 25.3 Å². The van der Waals surface area contributed by atoms with Crippen LogP contribution in [0.4, 0.5) is 0 Å². The first kappa shape index (κ1) is 21.6. The van der Waals surface area contributed by atoms with Gasteiger partial charge in [0.1, 0.15) is 5.75 Å². The summed E-state index contributed by atoms with van der Waals surface area (Å²) in [4.78, 5) is 12.7. The Labute approximate surface area is 178 Å². The van der Waals surface area contributed by atoms with E-state index in [-0.39, 0.29) is 18.4 Å². The monoisotopic (exact) mass is 403 g/mol. The summed E-state index contributed by atoms with van der Waals surface area (Å²) in [7, 11) is 1.62. The van der Waals surface area contributed by atoms with Crippen LogP contribution in [-0.4, -0.2) is 30.3 Å². The van der Waals surface area contributed by atoms with Gasteiger partial charge in [-0.3, -0.25) is 4.79 Å². The van der Waals surface area contributed by atoms with Crippen LogP contribution in [0.3, 0.4) is 0 Å². The quantitative estimate of drug-likeness (QED) is 0.559. The van der Waals surface area contributed by atoms with E-state index in [1.807, 2.05) is 84.9 Å². The number of amides is 1. The predicted molar refractivity (Wildman–Crippen MR) is 120 cm³/mol. The van der Waals surface area contributed by atoms with E-state index >= 15 is 0 Å². The van der Waals surface area contributed by atoms with Gasteiger partial charge < -0.3 is 15.2 Å². The van der Waals surface area contributed by atoms with Crippen molar-refractivity contribution in [3.8, 4) is 5.75 Å². The summed E-state index contributed by atoms with van der Waals surface area (Å²) in [5.41, 5.74) is 2.15. The molecule has 0 bridgehead atoms. The molecule has 0 aliphatic heterocycles. The molecule has 3 aromatic carbocycles. The van der Waals surface area contributed by atoms with Crippen molar-refractivity contribution in [2.75, 3.05) is 13.7 Å². The molecule has 156 valence electrons. The van der Waals surface area contributed by atoms with Gasteiger partial charge in [0.2, 0.25) is 5.91 Å². The Bertz CT molecular complexity index is 882. The molecule has 0 heterocycles. The fourth-order valence-corrected chi connectivity index (χ4v) is 3.59. The zero-order valence-corrected chi connectivity index (χ0v) is 17.5. The van der Waals surface area contributed by atoms with E-state index in [1.165, 1.54) is 0 Å². The van der Waals surface area contributed by atoms with Crippen molar-refractivity contribution in [3.05, 3.63) is 102 Å². The van der Waals surface area contributed by atoms with Crippen LogP contribution in [-0.2, 0) is 11.2 Å². The first-order chi connectivity index (χ1) is 14.5. The molecule has 4 nitrogen and oxygen atoms in total. The maximum atomic E-state index is 12.7. The van der Waals surface area contributed by atoms with Crippen LogP contribution >= 0.6 is 0 Å². The number of methoxy groups -OCH3 is 1. The summed E-state index contributed by atoms with van der Waals surface area (Å²) in [6.45, 7) is 1.93. The molecule has 0 aromatic heterocycles. The molecule has 30 heavy (non-hydrogen) atoms. The molecule has 0 radical (unpaired) electrons. The highest BCUT2D eigenvalue weighted by atomic mass is 16.5. The number of hydrogen-bond donors (Lipinski definition) is 2. The van der Waals surface area contributed by atoms with Crippen LogP contribution in [0.1, 0.15) is 36.0 Å². The number of nitrogens with one attached hydrogen (secondary N) is 1. The first-order valence-electron chi connectivity index (χ1n) is 10.2. The van der Waals surface area contributed by atoms with Crippen LogP contribution in [0.25, 0.3) is 0 Å². The highest BCUT2D eigenvalue weighted by molar-refractivity contribution is 5.77. The molecule has 1 unspecified atom stereocenters. The summed E-state index contributed by atoms with van der Waals surface area (Å²) in [5.74, 6) is 0.668. The van der Waals surface area contributed by atoms with Crippen molar-refractivity contribution < 1.29 is 14.6 Å². The van der Waals surface area contributed by atoms with Crippen molar-refractivity contribution >= 4 is 5.91 Å². The Hall–Kier alpha value is -3.11. The van der Waals surface area contributed by atoms with Gasteiger partial charge >= 0.3 is 0 Å². The smallest absolute Gasteiger partial charge is 0.221 e. The van der Waals surface area contributed by atoms with Crippen molar-refractivity contribution in [1.82, 2.24) is 5.32 Å².